The zero-order valence-electron chi connectivity index (χ0n) is 17.7. The third kappa shape index (κ3) is 4.13. The number of para-hydroxylation sites is 2. The standard InChI is InChI=1S/C24H29N3O3/c1-3-26-17-20(30-22-9-5-4-8-21(22)26)16-25(2)24(29)18-11-13-19(14-12-18)27-15-7-6-10-23(27)28/h4-5,8-9,11-14,20H,3,6-7,10,15-17H2,1-2H3. The second kappa shape index (κ2) is 8.78. The first-order chi connectivity index (χ1) is 14.6. The Labute approximate surface area is 178 Å². The van der Waals surface area contributed by atoms with Crippen LogP contribution in [0.25, 0.3) is 0 Å². The Morgan fingerprint density at radius 2 is 1.90 bits per heavy atom. The molecule has 0 aromatic heterocycles. The summed E-state index contributed by atoms with van der Waals surface area (Å²) in [5.74, 6) is 0.983. The Hall–Kier alpha value is -3.02. The average Bonchev–Trinajstić information content (AvgIpc) is 2.78. The van der Waals surface area contributed by atoms with E-state index in [1.54, 1.807) is 4.90 Å². The highest BCUT2D eigenvalue weighted by Gasteiger charge is 2.27. The molecule has 1 fully saturated rings. The van der Waals surface area contributed by atoms with Gasteiger partial charge in [-0.05, 0) is 56.2 Å². The van der Waals surface area contributed by atoms with Crippen LogP contribution in [0.3, 0.4) is 0 Å². The number of anilines is 2. The lowest BCUT2D eigenvalue weighted by Gasteiger charge is -2.37. The molecule has 4 rings (SSSR count). The first-order valence-corrected chi connectivity index (χ1v) is 10.7. The van der Waals surface area contributed by atoms with Gasteiger partial charge in [0.25, 0.3) is 5.91 Å². The lowest BCUT2D eigenvalue weighted by molar-refractivity contribution is -0.119. The molecule has 2 aromatic rings. The summed E-state index contributed by atoms with van der Waals surface area (Å²) in [6, 6.07) is 15.4. The Morgan fingerprint density at radius 1 is 1.13 bits per heavy atom. The minimum Gasteiger partial charge on any atom is -0.485 e. The number of likely N-dealkylation sites (N-methyl/N-ethyl adjacent to an activating group) is 2. The number of ether oxygens (including phenoxy) is 1. The van der Waals surface area contributed by atoms with Crippen LogP contribution in [0.5, 0.6) is 5.75 Å². The van der Waals surface area contributed by atoms with Crippen LogP contribution in [-0.4, -0.2) is 56.0 Å². The summed E-state index contributed by atoms with van der Waals surface area (Å²) in [7, 11) is 1.81. The van der Waals surface area contributed by atoms with Crippen molar-refractivity contribution in [2.24, 2.45) is 0 Å². The van der Waals surface area contributed by atoms with Crippen LogP contribution in [0, 0.1) is 0 Å². The van der Waals surface area contributed by atoms with Gasteiger partial charge < -0.3 is 19.4 Å². The molecule has 6 nitrogen and oxygen atoms in total. The number of rotatable bonds is 5. The van der Waals surface area contributed by atoms with Crippen LogP contribution in [0.2, 0.25) is 0 Å². The van der Waals surface area contributed by atoms with Gasteiger partial charge in [0, 0.05) is 37.8 Å². The number of carbonyl (C=O) groups is 2. The molecule has 0 saturated carbocycles. The second-order valence-corrected chi connectivity index (χ2v) is 7.98. The number of fused-ring (bicyclic) bond motifs is 1. The molecule has 1 unspecified atom stereocenters. The maximum atomic E-state index is 12.9. The normalized spacial score (nSPS) is 18.6. The molecule has 6 heteroatoms. The van der Waals surface area contributed by atoms with Gasteiger partial charge in [-0.3, -0.25) is 9.59 Å². The number of hydrogen-bond acceptors (Lipinski definition) is 4. The summed E-state index contributed by atoms with van der Waals surface area (Å²) >= 11 is 0. The molecular formula is C24H29N3O3. The summed E-state index contributed by atoms with van der Waals surface area (Å²) in [4.78, 5) is 30.9. The van der Waals surface area contributed by atoms with E-state index in [4.69, 9.17) is 4.74 Å². The molecule has 1 atom stereocenters. The molecule has 1 saturated heterocycles. The van der Waals surface area contributed by atoms with Crippen molar-refractivity contribution in [1.82, 2.24) is 4.90 Å². The van der Waals surface area contributed by atoms with E-state index in [0.29, 0.717) is 18.5 Å². The van der Waals surface area contributed by atoms with Gasteiger partial charge in [-0.25, -0.2) is 0 Å². The summed E-state index contributed by atoms with van der Waals surface area (Å²) < 4.78 is 6.15. The number of benzene rings is 2. The van der Waals surface area contributed by atoms with E-state index in [0.717, 1.165) is 49.6 Å². The third-order valence-electron chi connectivity index (χ3n) is 5.88. The molecule has 30 heavy (non-hydrogen) atoms. The van der Waals surface area contributed by atoms with Crippen molar-refractivity contribution < 1.29 is 14.3 Å². The van der Waals surface area contributed by atoms with Crippen LogP contribution in [0.1, 0.15) is 36.5 Å². The largest absolute Gasteiger partial charge is 0.485 e. The Kier molecular flexibility index (Phi) is 5.93. The third-order valence-corrected chi connectivity index (χ3v) is 5.88. The fourth-order valence-electron chi connectivity index (χ4n) is 4.25. The van der Waals surface area contributed by atoms with Crippen molar-refractivity contribution in [2.75, 3.05) is 43.0 Å². The maximum Gasteiger partial charge on any atom is 0.253 e. The SMILES string of the molecule is CCN1CC(CN(C)C(=O)c2ccc(N3CCCCC3=O)cc2)Oc2ccccc21. The van der Waals surface area contributed by atoms with Crippen molar-refractivity contribution in [2.45, 2.75) is 32.3 Å². The highest BCUT2D eigenvalue weighted by atomic mass is 16.5. The molecule has 0 N–H and O–H groups in total. The van der Waals surface area contributed by atoms with E-state index in [-0.39, 0.29) is 17.9 Å². The molecule has 0 radical (unpaired) electrons. The zero-order valence-corrected chi connectivity index (χ0v) is 17.7. The fraction of sp³-hybridized carbons (Fsp3) is 0.417. The zero-order chi connectivity index (χ0) is 21.1. The van der Waals surface area contributed by atoms with Crippen molar-refractivity contribution in [1.29, 1.82) is 0 Å². The van der Waals surface area contributed by atoms with Crippen LogP contribution in [0.4, 0.5) is 11.4 Å². The summed E-state index contributed by atoms with van der Waals surface area (Å²) in [6.07, 6.45) is 2.50. The van der Waals surface area contributed by atoms with Gasteiger partial charge in [-0.2, -0.15) is 0 Å². The van der Waals surface area contributed by atoms with Gasteiger partial charge in [0.05, 0.1) is 18.8 Å². The van der Waals surface area contributed by atoms with Crippen LogP contribution in [0.15, 0.2) is 48.5 Å². The lowest BCUT2D eigenvalue weighted by atomic mass is 10.1. The van der Waals surface area contributed by atoms with E-state index in [2.05, 4.69) is 17.9 Å². The van der Waals surface area contributed by atoms with Gasteiger partial charge in [0.15, 0.2) is 0 Å². The maximum absolute atomic E-state index is 12.9. The van der Waals surface area contributed by atoms with Gasteiger partial charge in [0.1, 0.15) is 11.9 Å². The highest BCUT2D eigenvalue weighted by molar-refractivity contribution is 5.96. The Balaban J connectivity index is 1.41. The smallest absolute Gasteiger partial charge is 0.253 e. The summed E-state index contributed by atoms with van der Waals surface area (Å²) in [5.41, 5.74) is 2.59. The summed E-state index contributed by atoms with van der Waals surface area (Å²) in [6.45, 7) is 5.03. The van der Waals surface area contributed by atoms with E-state index in [1.165, 1.54) is 0 Å². The van der Waals surface area contributed by atoms with Gasteiger partial charge in [-0.15, -0.1) is 0 Å². The number of hydrogen-bond donors (Lipinski definition) is 0. The molecule has 158 valence electrons. The van der Waals surface area contributed by atoms with Crippen molar-refractivity contribution in [3.05, 3.63) is 54.1 Å². The molecule has 2 amide bonds. The molecular weight excluding hydrogens is 378 g/mol. The predicted octanol–water partition coefficient (Wildman–Crippen LogP) is 3.56. The van der Waals surface area contributed by atoms with E-state index in [1.807, 2.05) is 54.4 Å². The Morgan fingerprint density at radius 3 is 2.63 bits per heavy atom. The number of amides is 2. The van der Waals surface area contributed by atoms with Crippen molar-refractivity contribution >= 4 is 23.2 Å². The van der Waals surface area contributed by atoms with Crippen molar-refractivity contribution in [3.8, 4) is 5.75 Å². The van der Waals surface area contributed by atoms with Gasteiger partial charge in [0.2, 0.25) is 5.91 Å². The molecule has 2 aromatic carbocycles. The minimum absolute atomic E-state index is 0.0444. The fourth-order valence-corrected chi connectivity index (χ4v) is 4.25. The Bertz CT molecular complexity index is 912. The average molecular weight is 408 g/mol. The molecule has 2 heterocycles. The quantitative estimate of drug-likeness (QED) is 0.761. The first kappa shape index (κ1) is 20.3. The number of nitrogens with zero attached hydrogens (tertiary/aromatic N) is 3. The molecule has 2 aliphatic rings. The number of carbonyl (C=O) groups excluding carboxylic acids is 2. The highest BCUT2D eigenvalue weighted by Crippen LogP contribution is 2.33. The predicted molar refractivity (Wildman–Crippen MR) is 118 cm³/mol. The summed E-state index contributed by atoms with van der Waals surface area (Å²) in [5, 5.41) is 0. The van der Waals surface area contributed by atoms with Gasteiger partial charge in [-0.1, -0.05) is 12.1 Å². The van der Waals surface area contributed by atoms with Gasteiger partial charge >= 0.3 is 0 Å². The van der Waals surface area contributed by atoms with Crippen LogP contribution >= 0.6 is 0 Å². The molecule has 0 bridgehead atoms. The van der Waals surface area contributed by atoms with E-state index >= 15 is 0 Å². The minimum atomic E-state index is -0.0842. The monoisotopic (exact) mass is 407 g/mol. The van der Waals surface area contributed by atoms with Crippen LogP contribution < -0.4 is 14.5 Å². The lowest BCUT2D eigenvalue weighted by Crippen LogP contribution is -2.46. The van der Waals surface area contributed by atoms with Crippen LogP contribution in [-0.2, 0) is 4.79 Å². The molecule has 2 aliphatic heterocycles. The number of piperidine rings is 1. The van der Waals surface area contributed by atoms with E-state index in [9.17, 15) is 9.59 Å². The van der Waals surface area contributed by atoms with E-state index < -0.39 is 0 Å². The van der Waals surface area contributed by atoms with Crippen molar-refractivity contribution in [3.63, 3.8) is 0 Å². The first-order valence-electron chi connectivity index (χ1n) is 10.7. The molecule has 0 spiro atoms. The molecule has 0 aliphatic carbocycles. The second-order valence-electron chi connectivity index (χ2n) is 7.98. The topological polar surface area (TPSA) is 53.1 Å².